The van der Waals surface area contributed by atoms with Crippen LogP contribution < -0.4 is 10.5 Å². The van der Waals surface area contributed by atoms with Gasteiger partial charge in [0.1, 0.15) is 5.75 Å². The number of nitrogen functional groups attached to an aromatic ring is 1. The third-order valence-electron chi connectivity index (χ3n) is 3.12. The van der Waals surface area contributed by atoms with Crippen molar-refractivity contribution in [3.63, 3.8) is 0 Å². The Labute approximate surface area is 134 Å². The first-order chi connectivity index (χ1) is 10.6. The van der Waals surface area contributed by atoms with Crippen LogP contribution in [-0.4, -0.2) is 33.4 Å². The number of carbonyl (C=O) groups is 1. The number of anilines is 1. The Bertz CT molecular complexity index is 625. The van der Waals surface area contributed by atoms with E-state index in [9.17, 15) is 4.79 Å². The molecule has 0 aliphatic heterocycles. The molecule has 2 rings (SSSR count). The summed E-state index contributed by atoms with van der Waals surface area (Å²) < 4.78 is 7.45. The number of nitrogens with two attached hydrogens (primary N) is 1. The summed E-state index contributed by atoms with van der Waals surface area (Å²) in [4.78, 5) is 15.7. The average Bonchev–Trinajstić information content (AvgIpc) is 2.91. The van der Waals surface area contributed by atoms with Crippen molar-refractivity contribution < 1.29 is 9.53 Å². The van der Waals surface area contributed by atoms with E-state index in [4.69, 9.17) is 10.5 Å². The topological polar surface area (TPSA) is 83.0 Å². The van der Waals surface area contributed by atoms with Crippen LogP contribution in [0.3, 0.4) is 0 Å². The number of ketones is 1. The van der Waals surface area contributed by atoms with Gasteiger partial charge in [-0.1, -0.05) is 18.7 Å². The quantitative estimate of drug-likeness (QED) is 0.457. The molecule has 1 aromatic heterocycles. The van der Waals surface area contributed by atoms with Gasteiger partial charge in [-0.05, 0) is 30.5 Å². The number of rotatable bonds is 8. The fourth-order valence-corrected chi connectivity index (χ4v) is 2.51. The third kappa shape index (κ3) is 4.24. The fourth-order valence-electron chi connectivity index (χ4n) is 1.99. The minimum atomic E-state index is 0.139. The second kappa shape index (κ2) is 7.84. The Balaban J connectivity index is 1.80. The number of aromatic nitrogens is 3. The van der Waals surface area contributed by atoms with Gasteiger partial charge in [-0.2, -0.15) is 4.98 Å². The predicted molar refractivity (Wildman–Crippen MR) is 87.4 cm³/mol. The molecule has 0 aliphatic carbocycles. The lowest BCUT2D eigenvalue weighted by atomic mass is 10.1. The van der Waals surface area contributed by atoms with Gasteiger partial charge in [-0.15, -0.1) is 5.10 Å². The van der Waals surface area contributed by atoms with Crippen LogP contribution in [0, 0.1) is 0 Å². The molecule has 22 heavy (non-hydrogen) atoms. The van der Waals surface area contributed by atoms with E-state index < -0.39 is 0 Å². The molecule has 7 heteroatoms. The first kappa shape index (κ1) is 16.4. The normalized spacial score (nSPS) is 10.6. The summed E-state index contributed by atoms with van der Waals surface area (Å²) >= 11 is 1.51. The van der Waals surface area contributed by atoms with E-state index >= 15 is 0 Å². The SMILES string of the molecule is CCC(=O)c1ccc(OCCCn2nc(N)nc2SC)cc1. The summed E-state index contributed by atoms with van der Waals surface area (Å²) in [5.41, 5.74) is 6.31. The van der Waals surface area contributed by atoms with Gasteiger partial charge in [0.2, 0.25) is 5.95 Å². The van der Waals surface area contributed by atoms with Gasteiger partial charge in [0, 0.05) is 24.9 Å². The van der Waals surface area contributed by atoms with E-state index in [-0.39, 0.29) is 5.78 Å². The second-order valence-corrected chi connectivity index (χ2v) is 5.46. The molecular weight excluding hydrogens is 300 g/mol. The molecule has 0 fully saturated rings. The lowest BCUT2D eigenvalue weighted by molar-refractivity contribution is 0.0988. The van der Waals surface area contributed by atoms with Crippen molar-refractivity contribution in [1.29, 1.82) is 0 Å². The number of aryl methyl sites for hydroxylation is 1. The van der Waals surface area contributed by atoms with Crippen LogP contribution in [0.5, 0.6) is 5.75 Å². The summed E-state index contributed by atoms with van der Waals surface area (Å²) in [6, 6.07) is 7.24. The van der Waals surface area contributed by atoms with Crippen LogP contribution in [0.25, 0.3) is 0 Å². The molecule has 0 saturated heterocycles. The molecule has 0 saturated carbocycles. The molecule has 6 nitrogen and oxygen atoms in total. The zero-order valence-corrected chi connectivity index (χ0v) is 13.6. The zero-order chi connectivity index (χ0) is 15.9. The van der Waals surface area contributed by atoms with Gasteiger partial charge in [0.25, 0.3) is 0 Å². The van der Waals surface area contributed by atoms with E-state index in [0.29, 0.717) is 25.5 Å². The van der Waals surface area contributed by atoms with E-state index in [0.717, 1.165) is 22.9 Å². The summed E-state index contributed by atoms with van der Waals surface area (Å²) in [6.07, 6.45) is 3.25. The van der Waals surface area contributed by atoms with Crippen molar-refractivity contribution in [2.75, 3.05) is 18.6 Å². The number of carbonyl (C=O) groups excluding carboxylic acids is 1. The van der Waals surface area contributed by atoms with Crippen molar-refractivity contribution >= 4 is 23.5 Å². The number of benzene rings is 1. The smallest absolute Gasteiger partial charge is 0.240 e. The first-order valence-corrected chi connectivity index (χ1v) is 8.37. The zero-order valence-electron chi connectivity index (χ0n) is 12.8. The molecule has 0 unspecified atom stereocenters. The van der Waals surface area contributed by atoms with Gasteiger partial charge in [-0.25, -0.2) is 4.68 Å². The van der Waals surface area contributed by atoms with Gasteiger partial charge >= 0.3 is 0 Å². The van der Waals surface area contributed by atoms with Crippen LogP contribution in [-0.2, 0) is 6.54 Å². The third-order valence-corrected chi connectivity index (χ3v) is 3.78. The van der Waals surface area contributed by atoms with Crippen molar-refractivity contribution in [2.45, 2.75) is 31.5 Å². The van der Waals surface area contributed by atoms with Crippen molar-refractivity contribution in [3.05, 3.63) is 29.8 Å². The number of hydrogen-bond acceptors (Lipinski definition) is 6. The highest BCUT2D eigenvalue weighted by Crippen LogP contribution is 2.15. The Hall–Kier alpha value is -2.02. The van der Waals surface area contributed by atoms with E-state index in [1.165, 1.54) is 11.8 Å². The summed E-state index contributed by atoms with van der Waals surface area (Å²) in [5.74, 6) is 1.19. The largest absolute Gasteiger partial charge is 0.494 e. The fraction of sp³-hybridized carbons (Fsp3) is 0.400. The summed E-state index contributed by atoms with van der Waals surface area (Å²) in [6.45, 7) is 3.12. The van der Waals surface area contributed by atoms with Crippen LogP contribution in [0.1, 0.15) is 30.1 Å². The predicted octanol–water partition coefficient (Wildman–Crippen LogP) is 2.64. The van der Waals surface area contributed by atoms with Crippen molar-refractivity contribution in [1.82, 2.24) is 14.8 Å². The Morgan fingerprint density at radius 2 is 2.09 bits per heavy atom. The minimum Gasteiger partial charge on any atom is -0.494 e. The van der Waals surface area contributed by atoms with Crippen LogP contribution in [0.15, 0.2) is 29.4 Å². The maximum absolute atomic E-state index is 11.5. The van der Waals surface area contributed by atoms with Crippen LogP contribution in [0.2, 0.25) is 0 Å². The molecule has 0 bridgehead atoms. The lowest BCUT2D eigenvalue weighted by Gasteiger charge is -2.07. The highest BCUT2D eigenvalue weighted by Gasteiger charge is 2.06. The van der Waals surface area contributed by atoms with Crippen molar-refractivity contribution in [2.24, 2.45) is 0 Å². The van der Waals surface area contributed by atoms with Gasteiger partial charge in [0.15, 0.2) is 10.9 Å². The molecule has 2 aromatic rings. The maximum atomic E-state index is 11.5. The Morgan fingerprint density at radius 1 is 1.36 bits per heavy atom. The van der Waals surface area contributed by atoms with E-state index in [1.54, 1.807) is 16.8 Å². The molecule has 118 valence electrons. The van der Waals surface area contributed by atoms with Crippen molar-refractivity contribution in [3.8, 4) is 5.75 Å². The van der Waals surface area contributed by atoms with Gasteiger partial charge in [0.05, 0.1) is 6.61 Å². The molecular formula is C15H20N4O2S. The highest BCUT2D eigenvalue weighted by molar-refractivity contribution is 7.98. The highest BCUT2D eigenvalue weighted by atomic mass is 32.2. The number of hydrogen-bond donors (Lipinski definition) is 1. The number of thioether (sulfide) groups is 1. The number of Topliss-reactive ketones (excluding diaryl/α,β-unsaturated/α-hetero) is 1. The lowest BCUT2D eigenvalue weighted by Crippen LogP contribution is -2.07. The van der Waals surface area contributed by atoms with Gasteiger partial charge < -0.3 is 10.5 Å². The molecule has 0 aliphatic rings. The number of ether oxygens (including phenoxy) is 1. The van der Waals surface area contributed by atoms with Crippen LogP contribution >= 0.6 is 11.8 Å². The average molecular weight is 320 g/mol. The molecule has 1 heterocycles. The molecule has 1 aromatic carbocycles. The number of nitrogens with zero attached hydrogens (tertiary/aromatic N) is 3. The standard InChI is InChI=1S/C15H20N4O2S/c1-3-13(20)11-5-7-12(8-6-11)21-10-4-9-19-15(22-2)17-14(16)18-19/h5-8H,3-4,9-10H2,1-2H3,(H2,16,18). The van der Waals surface area contributed by atoms with Crippen LogP contribution in [0.4, 0.5) is 5.95 Å². The van der Waals surface area contributed by atoms with E-state index in [2.05, 4.69) is 10.1 Å². The Morgan fingerprint density at radius 3 is 2.73 bits per heavy atom. The summed E-state index contributed by atoms with van der Waals surface area (Å²) in [5, 5.41) is 4.94. The molecule has 2 N–H and O–H groups in total. The minimum absolute atomic E-state index is 0.139. The molecule has 0 spiro atoms. The van der Waals surface area contributed by atoms with E-state index in [1.807, 2.05) is 25.3 Å². The summed E-state index contributed by atoms with van der Waals surface area (Å²) in [7, 11) is 0. The first-order valence-electron chi connectivity index (χ1n) is 7.14. The molecule has 0 amide bonds. The maximum Gasteiger partial charge on any atom is 0.240 e. The van der Waals surface area contributed by atoms with Gasteiger partial charge in [-0.3, -0.25) is 4.79 Å². The monoisotopic (exact) mass is 320 g/mol. The molecule has 0 atom stereocenters. The second-order valence-electron chi connectivity index (χ2n) is 4.68. The molecule has 0 radical (unpaired) electrons. The Kier molecular flexibility index (Phi) is 5.83.